The van der Waals surface area contributed by atoms with Gasteiger partial charge in [-0.25, -0.2) is 0 Å². The molecule has 1 aliphatic rings. The fourth-order valence-corrected chi connectivity index (χ4v) is 1.42. The quantitative estimate of drug-likeness (QED) is 0.650. The first-order chi connectivity index (χ1) is 6.29. The van der Waals surface area contributed by atoms with E-state index in [9.17, 15) is 4.79 Å². The molecule has 1 aliphatic heterocycles. The molecule has 13 heavy (non-hydrogen) atoms. The number of nitrogens with two attached hydrogens (primary N) is 1. The molecule has 3 nitrogen and oxygen atoms in total. The second kappa shape index (κ2) is 2.94. The fraction of sp³-hybridized carbons (Fsp3) is 0.100. The maximum atomic E-state index is 11.3. The zero-order chi connectivity index (χ0) is 9.26. The average molecular weight is 174 g/mol. The first-order valence-electron chi connectivity index (χ1n) is 4.11. The van der Waals surface area contributed by atoms with Crippen molar-refractivity contribution in [2.24, 2.45) is 5.73 Å². The number of rotatable bonds is 1. The topological polar surface area (TPSA) is 55.1 Å². The number of hydrogen-bond acceptors (Lipinski definition) is 2. The Bertz CT molecular complexity index is 368. The van der Waals surface area contributed by atoms with E-state index in [1.165, 1.54) is 0 Å². The van der Waals surface area contributed by atoms with Gasteiger partial charge in [0.05, 0.1) is 12.1 Å². The summed E-state index contributed by atoms with van der Waals surface area (Å²) in [6.07, 6.45) is 0. The summed E-state index contributed by atoms with van der Waals surface area (Å²) < 4.78 is 0. The summed E-state index contributed by atoms with van der Waals surface area (Å²) >= 11 is 0. The molecule has 0 saturated heterocycles. The van der Waals surface area contributed by atoms with Gasteiger partial charge in [0.1, 0.15) is 0 Å². The van der Waals surface area contributed by atoms with Crippen LogP contribution in [0, 0.1) is 0 Å². The summed E-state index contributed by atoms with van der Waals surface area (Å²) in [5.41, 5.74) is 7.82. The van der Waals surface area contributed by atoms with Gasteiger partial charge < -0.3 is 11.1 Å². The van der Waals surface area contributed by atoms with Crippen LogP contribution in [0.2, 0.25) is 0 Å². The summed E-state index contributed by atoms with van der Waals surface area (Å²) in [6, 6.07) is 9.45. The Morgan fingerprint density at radius 3 is 2.46 bits per heavy atom. The molecule has 0 spiro atoms. The number of carbonyl (C=O) groups is 1. The molecule has 2 rings (SSSR count). The van der Waals surface area contributed by atoms with E-state index in [0.717, 1.165) is 5.56 Å². The lowest BCUT2D eigenvalue weighted by molar-refractivity contribution is -0.114. The molecule has 0 fully saturated rings. The molecule has 0 unspecified atom stereocenters. The highest BCUT2D eigenvalue weighted by atomic mass is 16.1. The molecular formula is C10H10N2O. The third-order valence-electron chi connectivity index (χ3n) is 2.05. The number of nitrogens with one attached hydrogen (secondary N) is 1. The molecule has 3 N–H and O–H groups in total. The second-order valence-electron chi connectivity index (χ2n) is 2.95. The van der Waals surface area contributed by atoms with Gasteiger partial charge in [-0.05, 0) is 5.56 Å². The third-order valence-corrected chi connectivity index (χ3v) is 2.05. The van der Waals surface area contributed by atoms with Crippen molar-refractivity contribution in [3.05, 3.63) is 41.6 Å². The minimum atomic E-state index is -0.0799. The fourth-order valence-electron chi connectivity index (χ4n) is 1.42. The van der Waals surface area contributed by atoms with Gasteiger partial charge in [0, 0.05) is 5.70 Å². The minimum absolute atomic E-state index is 0.0799. The van der Waals surface area contributed by atoms with Crippen molar-refractivity contribution in [1.82, 2.24) is 5.32 Å². The molecule has 0 aromatic heterocycles. The molecular weight excluding hydrogens is 164 g/mol. The minimum Gasteiger partial charge on any atom is -0.400 e. The van der Waals surface area contributed by atoms with Crippen molar-refractivity contribution in [3.63, 3.8) is 0 Å². The molecule has 0 atom stereocenters. The van der Waals surface area contributed by atoms with Crippen molar-refractivity contribution >= 4 is 11.5 Å². The van der Waals surface area contributed by atoms with E-state index in [-0.39, 0.29) is 5.91 Å². The molecule has 1 heterocycles. The zero-order valence-corrected chi connectivity index (χ0v) is 7.08. The molecule has 0 bridgehead atoms. The van der Waals surface area contributed by atoms with E-state index < -0.39 is 0 Å². The highest BCUT2D eigenvalue weighted by Crippen LogP contribution is 2.19. The molecule has 66 valence electrons. The molecule has 0 saturated carbocycles. The number of benzene rings is 1. The standard InChI is InChI=1S/C10H10N2O/c11-8-6-12-10(13)9(8)7-4-2-1-3-5-7/h1-5H,6,11H2,(H,12,13). The Balaban J connectivity index is 2.47. The van der Waals surface area contributed by atoms with Crippen LogP contribution in [-0.2, 0) is 4.79 Å². The van der Waals surface area contributed by atoms with Gasteiger partial charge in [-0.15, -0.1) is 0 Å². The lowest BCUT2D eigenvalue weighted by atomic mass is 10.1. The summed E-state index contributed by atoms with van der Waals surface area (Å²) in [4.78, 5) is 11.3. The Hall–Kier alpha value is -1.77. The molecule has 1 aromatic rings. The van der Waals surface area contributed by atoms with Crippen molar-refractivity contribution in [2.45, 2.75) is 0 Å². The number of hydrogen-bond donors (Lipinski definition) is 2. The Kier molecular flexibility index (Phi) is 1.77. The van der Waals surface area contributed by atoms with Gasteiger partial charge in [-0.3, -0.25) is 4.79 Å². The van der Waals surface area contributed by atoms with E-state index in [2.05, 4.69) is 5.32 Å². The lowest BCUT2D eigenvalue weighted by Crippen LogP contribution is -2.17. The van der Waals surface area contributed by atoms with Crippen LogP contribution in [0.3, 0.4) is 0 Å². The highest BCUT2D eigenvalue weighted by molar-refractivity contribution is 6.22. The average Bonchev–Trinajstić information content (AvgIpc) is 2.48. The first kappa shape index (κ1) is 7.86. The summed E-state index contributed by atoms with van der Waals surface area (Å²) in [5, 5.41) is 2.68. The van der Waals surface area contributed by atoms with Crippen LogP contribution in [0.15, 0.2) is 36.0 Å². The SMILES string of the molecule is NC1=C(c2ccccc2)C(=O)NC1. The lowest BCUT2D eigenvalue weighted by Gasteiger charge is -1.99. The Labute approximate surface area is 76.2 Å². The predicted molar refractivity (Wildman–Crippen MR) is 50.6 cm³/mol. The van der Waals surface area contributed by atoms with Crippen molar-refractivity contribution < 1.29 is 4.79 Å². The predicted octanol–water partition coefficient (Wildman–Crippen LogP) is 0.486. The van der Waals surface area contributed by atoms with Crippen LogP contribution >= 0.6 is 0 Å². The van der Waals surface area contributed by atoms with Crippen LogP contribution in [0.25, 0.3) is 5.57 Å². The summed E-state index contributed by atoms with van der Waals surface area (Å²) in [7, 11) is 0. The second-order valence-corrected chi connectivity index (χ2v) is 2.95. The van der Waals surface area contributed by atoms with Gasteiger partial charge in [-0.1, -0.05) is 30.3 Å². The monoisotopic (exact) mass is 174 g/mol. The normalized spacial score (nSPS) is 16.2. The molecule has 1 amide bonds. The van der Waals surface area contributed by atoms with Crippen molar-refractivity contribution in [2.75, 3.05) is 6.54 Å². The van der Waals surface area contributed by atoms with Crippen LogP contribution in [0.4, 0.5) is 0 Å². The summed E-state index contributed by atoms with van der Waals surface area (Å²) in [5.74, 6) is -0.0799. The zero-order valence-electron chi connectivity index (χ0n) is 7.08. The first-order valence-corrected chi connectivity index (χ1v) is 4.11. The highest BCUT2D eigenvalue weighted by Gasteiger charge is 2.21. The van der Waals surface area contributed by atoms with E-state index >= 15 is 0 Å². The van der Waals surface area contributed by atoms with E-state index in [4.69, 9.17) is 5.73 Å². The molecule has 0 aliphatic carbocycles. The van der Waals surface area contributed by atoms with Gasteiger partial charge >= 0.3 is 0 Å². The van der Waals surface area contributed by atoms with Gasteiger partial charge in [-0.2, -0.15) is 0 Å². The van der Waals surface area contributed by atoms with Gasteiger partial charge in [0.2, 0.25) is 0 Å². The van der Waals surface area contributed by atoms with E-state index in [0.29, 0.717) is 17.8 Å². The summed E-state index contributed by atoms with van der Waals surface area (Å²) in [6.45, 7) is 0.461. The largest absolute Gasteiger partial charge is 0.400 e. The smallest absolute Gasteiger partial charge is 0.254 e. The Morgan fingerprint density at radius 1 is 1.23 bits per heavy atom. The molecule has 1 aromatic carbocycles. The van der Waals surface area contributed by atoms with Gasteiger partial charge in [0.15, 0.2) is 0 Å². The maximum absolute atomic E-state index is 11.3. The Morgan fingerprint density at radius 2 is 1.92 bits per heavy atom. The van der Waals surface area contributed by atoms with Crippen molar-refractivity contribution in [1.29, 1.82) is 0 Å². The van der Waals surface area contributed by atoms with E-state index in [1.54, 1.807) is 0 Å². The molecule has 3 heteroatoms. The van der Waals surface area contributed by atoms with Crippen LogP contribution in [0.1, 0.15) is 5.56 Å². The maximum Gasteiger partial charge on any atom is 0.254 e. The van der Waals surface area contributed by atoms with E-state index in [1.807, 2.05) is 30.3 Å². The molecule has 0 radical (unpaired) electrons. The number of carbonyl (C=O) groups excluding carboxylic acids is 1. The van der Waals surface area contributed by atoms with Crippen LogP contribution in [0.5, 0.6) is 0 Å². The van der Waals surface area contributed by atoms with Crippen LogP contribution in [-0.4, -0.2) is 12.5 Å². The van der Waals surface area contributed by atoms with Crippen LogP contribution < -0.4 is 11.1 Å². The van der Waals surface area contributed by atoms with Crippen molar-refractivity contribution in [3.8, 4) is 0 Å². The van der Waals surface area contributed by atoms with Gasteiger partial charge in [0.25, 0.3) is 5.91 Å². The number of amides is 1. The third kappa shape index (κ3) is 1.28.